The van der Waals surface area contributed by atoms with E-state index in [-0.39, 0.29) is 11.9 Å². The predicted molar refractivity (Wildman–Crippen MR) is 119 cm³/mol. The molecular weight excluding hydrogens is 420 g/mol. The van der Waals surface area contributed by atoms with Gasteiger partial charge in [0.05, 0.1) is 11.9 Å². The van der Waals surface area contributed by atoms with Crippen LogP contribution < -0.4 is 5.32 Å². The molecule has 6 nitrogen and oxygen atoms in total. The highest BCUT2D eigenvalue weighted by atomic mass is 35.5. The molecule has 1 aromatic carbocycles. The van der Waals surface area contributed by atoms with Gasteiger partial charge in [-0.25, -0.2) is 9.97 Å². The van der Waals surface area contributed by atoms with E-state index in [1.165, 1.54) is 11.3 Å². The molecule has 0 aliphatic carbocycles. The highest BCUT2D eigenvalue weighted by Crippen LogP contribution is 2.34. The summed E-state index contributed by atoms with van der Waals surface area (Å²) in [5, 5.41) is 4.69. The van der Waals surface area contributed by atoms with Crippen LogP contribution in [0.25, 0.3) is 0 Å². The third-order valence-electron chi connectivity index (χ3n) is 5.26. The molecule has 3 aromatic rings. The van der Waals surface area contributed by atoms with Crippen molar-refractivity contribution < 1.29 is 9.21 Å². The summed E-state index contributed by atoms with van der Waals surface area (Å²) in [5.41, 5.74) is 1.76. The Kier molecular flexibility index (Phi) is 6.39. The number of aryl methyl sites for hydroxylation is 1. The lowest BCUT2D eigenvalue weighted by atomic mass is 10.0. The number of carbonyl (C=O) groups excluding carboxylic acids is 1. The number of anilines is 1. The van der Waals surface area contributed by atoms with Crippen LogP contribution in [0.1, 0.15) is 64.8 Å². The Labute approximate surface area is 185 Å². The van der Waals surface area contributed by atoms with Gasteiger partial charge >= 0.3 is 0 Å². The summed E-state index contributed by atoms with van der Waals surface area (Å²) in [6.07, 6.45) is 5.19. The molecule has 8 heteroatoms. The summed E-state index contributed by atoms with van der Waals surface area (Å²) in [5.74, 6) is 1.35. The summed E-state index contributed by atoms with van der Waals surface area (Å²) in [6.45, 7) is 5.37. The van der Waals surface area contributed by atoms with Crippen molar-refractivity contribution in [3.8, 4) is 0 Å². The normalized spacial score (nSPS) is 16.6. The molecule has 1 aliphatic heterocycles. The van der Waals surface area contributed by atoms with E-state index >= 15 is 0 Å². The van der Waals surface area contributed by atoms with E-state index in [4.69, 9.17) is 16.0 Å². The van der Waals surface area contributed by atoms with E-state index in [1.807, 2.05) is 43.0 Å². The Morgan fingerprint density at radius 3 is 3.00 bits per heavy atom. The van der Waals surface area contributed by atoms with Crippen molar-refractivity contribution in [1.82, 2.24) is 14.9 Å². The Morgan fingerprint density at radius 1 is 1.37 bits per heavy atom. The van der Waals surface area contributed by atoms with Crippen molar-refractivity contribution in [2.75, 3.05) is 18.4 Å². The quantitative estimate of drug-likeness (QED) is 0.544. The molecule has 1 aliphatic rings. The lowest BCUT2D eigenvalue weighted by molar-refractivity contribution is 0.0574. The number of carbonyl (C=O) groups is 1. The van der Waals surface area contributed by atoms with Gasteiger partial charge in [0.1, 0.15) is 16.7 Å². The first-order chi connectivity index (χ1) is 14.6. The molecule has 1 saturated heterocycles. The van der Waals surface area contributed by atoms with Crippen LogP contribution in [0.5, 0.6) is 0 Å². The van der Waals surface area contributed by atoms with Gasteiger partial charge in [-0.1, -0.05) is 41.1 Å². The van der Waals surface area contributed by atoms with Gasteiger partial charge in [0.2, 0.25) is 5.89 Å². The first kappa shape index (κ1) is 20.9. The van der Waals surface area contributed by atoms with Crippen molar-refractivity contribution in [3.05, 3.63) is 63.3 Å². The first-order valence-electron chi connectivity index (χ1n) is 10.3. The van der Waals surface area contributed by atoms with Crippen molar-refractivity contribution >= 4 is 34.0 Å². The maximum absolute atomic E-state index is 13.3. The van der Waals surface area contributed by atoms with Gasteiger partial charge in [0, 0.05) is 24.5 Å². The molecule has 1 amide bonds. The Balaban J connectivity index is 1.55. The number of nitrogens with zero attached hydrogens (tertiary/aromatic N) is 3. The maximum atomic E-state index is 13.3. The maximum Gasteiger partial charge on any atom is 0.266 e. The molecule has 4 rings (SSSR count). The number of likely N-dealkylation sites (tertiary alicyclic amines) is 1. The van der Waals surface area contributed by atoms with Crippen LogP contribution in [0.2, 0.25) is 5.02 Å². The molecule has 30 heavy (non-hydrogen) atoms. The molecule has 0 unspecified atom stereocenters. The molecule has 1 N–H and O–H groups in total. The van der Waals surface area contributed by atoms with Crippen LogP contribution in [-0.2, 0) is 6.42 Å². The molecular formula is C22H25ClN4O2S. The SMILES string of the molecule is CCNc1nc(C)c(C(=O)N2CCCC[C@@H]2c2ncc(Cc3ccccc3Cl)o2)s1. The highest BCUT2D eigenvalue weighted by molar-refractivity contribution is 7.17. The molecule has 0 saturated carbocycles. The summed E-state index contributed by atoms with van der Waals surface area (Å²) in [4.78, 5) is 24.9. The second kappa shape index (κ2) is 9.18. The number of benzene rings is 1. The largest absolute Gasteiger partial charge is 0.443 e. The van der Waals surface area contributed by atoms with Gasteiger partial charge < -0.3 is 14.6 Å². The number of thiazole rings is 1. The molecule has 1 fully saturated rings. The number of rotatable bonds is 6. The standard InChI is InChI=1S/C22H25ClN4O2S/c1-3-24-22-26-14(2)19(30-22)21(28)27-11-7-6-10-18(27)20-25-13-16(29-20)12-15-8-4-5-9-17(15)23/h4-5,8-9,13,18H,3,6-7,10-12H2,1-2H3,(H,24,26)/t18-/m1/s1. The van der Waals surface area contributed by atoms with Gasteiger partial charge in [-0.2, -0.15) is 0 Å². The molecule has 0 radical (unpaired) electrons. The minimum absolute atomic E-state index is 0.00436. The minimum Gasteiger partial charge on any atom is -0.443 e. The van der Waals surface area contributed by atoms with E-state index in [2.05, 4.69) is 15.3 Å². The topological polar surface area (TPSA) is 71.3 Å². The predicted octanol–water partition coefficient (Wildman–Crippen LogP) is 5.48. The summed E-state index contributed by atoms with van der Waals surface area (Å²) in [6, 6.07) is 7.56. The third-order valence-corrected chi connectivity index (χ3v) is 6.73. The smallest absolute Gasteiger partial charge is 0.266 e. The number of aromatic nitrogens is 2. The van der Waals surface area contributed by atoms with Gasteiger partial charge in [0.15, 0.2) is 5.13 Å². The fourth-order valence-corrected chi connectivity index (χ4v) is 4.96. The average molecular weight is 445 g/mol. The zero-order valence-corrected chi connectivity index (χ0v) is 18.7. The van der Waals surface area contributed by atoms with E-state index in [0.717, 1.165) is 48.0 Å². The first-order valence-corrected chi connectivity index (χ1v) is 11.5. The van der Waals surface area contributed by atoms with Crippen LogP contribution in [0, 0.1) is 6.92 Å². The number of nitrogens with one attached hydrogen (secondary N) is 1. The number of hydrogen-bond acceptors (Lipinski definition) is 6. The van der Waals surface area contributed by atoms with Gasteiger partial charge in [-0.3, -0.25) is 4.79 Å². The Hall–Kier alpha value is -2.38. The van der Waals surface area contributed by atoms with Crippen LogP contribution in [0.3, 0.4) is 0 Å². The number of oxazole rings is 1. The van der Waals surface area contributed by atoms with Crippen LogP contribution in [0.4, 0.5) is 5.13 Å². The Bertz CT molecular complexity index is 1030. The zero-order chi connectivity index (χ0) is 21.1. The van der Waals surface area contributed by atoms with Crippen molar-refractivity contribution in [2.45, 2.75) is 45.6 Å². The molecule has 0 spiro atoms. The molecule has 0 bridgehead atoms. The van der Waals surface area contributed by atoms with Crippen LogP contribution in [-0.4, -0.2) is 33.9 Å². The summed E-state index contributed by atoms with van der Waals surface area (Å²) < 4.78 is 6.08. The van der Waals surface area contributed by atoms with Gasteiger partial charge in [0.25, 0.3) is 5.91 Å². The van der Waals surface area contributed by atoms with Gasteiger partial charge in [-0.15, -0.1) is 0 Å². The van der Waals surface area contributed by atoms with E-state index < -0.39 is 0 Å². The highest BCUT2D eigenvalue weighted by Gasteiger charge is 2.33. The molecule has 2 aromatic heterocycles. The van der Waals surface area contributed by atoms with Crippen LogP contribution in [0.15, 0.2) is 34.9 Å². The van der Waals surface area contributed by atoms with Gasteiger partial charge in [-0.05, 0) is 44.7 Å². The lowest BCUT2D eigenvalue weighted by Gasteiger charge is -2.33. The molecule has 158 valence electrons. The molecule has 1 atom stereocenters. The monoisotopic (exact) mass is 444 g/mol. The second-order valence-electron chi connectivity index (χ2n) is 7.41. The number of piperidine rings is 1. The number of hydrogen-bond donors (Lipinski definition) is 1. The zero-order valence-electron chi connectivity index (χ0n) is 17.2. The summed E-state index contributed by atoms with van der Waals surface area (Å²) >= 11 is 7.69. The van der Waals surface area contributed by atoms with Crippen molar-refractivity contribution in [1.29, 1.82) is 0 Å². The second-order valence-corrected chi connectivity index (χ2v) is 8.81. The average Bonchev–Trinajstić information content (AvgIpc) is 3.36. The van der Waals surface area contributed by atoms with Crippen molar-refractivity contribution in [2.24, 2.45) is 0 Å². The van der Waals surface area contributed by atoms with Crippen molar-refractivity contribution in [3.63, 3.8) is 0 Å². The summed E-state index contributed by atoms with van der Waals surface area (Å²) in [7, 11) is 0. The third kappa shape index (κ3) is 4.37. The fourth-order valence-electron chi connectivity index (χ4n) is 3.77. The van der Waals surface area contributed by atoms with E-state index in [0.29, 0.717) is 28.8 Å². The molecule has 3 heterocycles. The minimum atomic E-state index is -0.157. The lowest BCUT2D eigenvalue weighted by Crippen LogP contribution is -2.38. The number of amides is 1. The Morgan fingerprint density at radius 2 is 2.20 bits per heavy atom. The fraction of sp³-hybridized carbons (Fsp3) is 0.409. The van der Waals surface area contributed by atoms with E-state index in [9.17, 15) is 4.79 Å². The van der Waals surface area contributed by atoms with Crippen LogP contribution >= 0.6 is 22.9 Å². The number of halogens is 1. The van der Waals surface area contributed by atoms with E-state index in [1.54, 1.807) is 6.20 Å².